The van der Waals surface area contributed by atoms with E-state index >= 15 is 0 Å². The van der Waals surface area contributed by atoms with Crippen LogP contribution in [-0.2, 0) is 14.3 Å². The quantitative estimate of drug-likeness (QED) is 0.801. The number of benzene rings is 1. The molecule has 0 aliphatic carbocycles. The van der Waals surface area contributed by atoms with Crippen molar-refractivity contribution in [2.75, 3.05) is 13.2 Å². The summed E-state index contributed by atoms with van der Waals surface area (Å²) in [6, 6.07) is 9.08. The minimum Gasteiger partial charge on any atom is -0.443 e. The van der Waals surface area contributed by atoms with Crippen molar-refractivity contribution in [1.82, 2.24) is 5.32 Å². The van der Waals surface area contributed by atoms with Crippen molar-refractivity contribution in [3.8, 4) is 0 Å². The third-order valence-corrected chi connectivity index (χ3v) is 4.75. The Hall–Kier alpha value is -2.25. The number of halogens is 1. The Morgan fingerprint density at radius 1 is 1.32 bits per heavy atom. The van der Waals surface area contributed by atoms with Gasteiger partial charge in [0.2, 0.25) is 6.10 Å². The van der Waals surface area contributed by atoms with E-state index in [0.29, 0.717) is 18.0 Å². The van der Waals surface area contributed by atoms with Gasteiger partial charge >= 0.3 is 5.97 Å². The molecule has 1 amide bonds. The fraction of sp³-hybridized carbons (Fsp3) is 0.333. The molecule has 2 atom stereocenters. The van der Waals surface area contributed by atoms with Gasteiger partial charge in [-0.25, -0.2) is 9.18 Å². The Kier molecular flexibility index (Phi) is 5.78. The van der Waals surface area contributed by atoms with Crippen LogP contribution in [0.4, 0.5) is 4.39 Å². The molecule has 0 unspecified atom stereocenters. The zero-order valence-corrected chi connectivity index (χ0v) is 14.3. The second-order valence-corrected chi connectivity index (χ2v) is 6.61. The minimum atomic E-state index is -1.35. The van der Waals surface area contributed by atoms with Gasteiger partial charge in [-0.2, -0.15) is 0 Å². The molecule has 0 bridgehead atoms. The number of carbonyl (C=O) groups is 2. The van der Waals surface area contributed by atoms with Crippen LogP contribution in [0.15, 0.2) is 41.8 Å². The van der Waals surface area contributed by atoms with Crippen LogP contribution >= 0.6 is 11.3 Å². The van der Waals surface area contributed by atoms with E-state index in [1.807, 2.05) is 0 Å². The maximum Gasteiger partial charge on any atom is 0.349 e. The summed E-state index contributed by atoms with van der Waals surface area (Å²) in [5, 5.41) is 4.43. The highest BCUT2D eigenvalue weighted by molar-refractivity contribution is 7.11. The highest BCUT2D eigenvalue weighted by Crippen LogP contribution is 2.24. The van der Waals surface area contributed by atoms with Crippen LogP contribution in [0.1, 0.15) is 34.2 Å². The maximum absolute atomic E-state index is 14.1. The number of ether oxygens (including phenoxy) is 2. The van der Waals surface area contributed by atoms with Gasteiger partial charge in [0.1, 0.15) is 10.7 Å². The van der Waals surface area contributed by atoms with Gasteiger partial charge in [0.25, 0.3) is 5.91 Å². The normalized spacial score (nSPS) is 17.9. The molecule has 7 heteroatoms. The second kappa shape index (κ2) is 8.22. The predicted octanol–water partition coefficient (Wildman–Crippen LogP) is 3.08. The Balaban J connectivity index is 1.74. The summed E-state index contributed by atoms with van der Waals surface area (Å²) in [5.41, 5.74) is 0.0252. The van der Waals surface area contributed by atoms with Gasteiger partial charge in [-0.1, -0.05) is 24.3 Å². The lowest BCUT2D eigenvalue weighted by molar-refractivity contribution is -0.131. The van der Waals surface area contributed by atoms with Gasteiger partial charge in [-0.3, -0.25) is 4.79 Å². The average molecular weight is 363 g/mol. The van der Waals surface area contributed by atoms with E-state index in [9.17, 15) is 14.0 Å². The topological polar surface area (TPSA) is 64.6 Å². The lowest BCUT2D eigenvalue weighted by Gasteiger charge is -2.19. The van der Waals surface area contributed by atoms with Gasteiger partial charge in [0, 0.05) is 18.7 Å². The molecule has 0 radical (unpaired) electrons. The molecule has 0 saturated carbocycles. The standard InChI is InChI=1S/C18H18FNO4S/c19-14-7-2-1-6-13(14)16(24-18(22)15-8-4-10-25-15)17(21)20-11-12-5-3-9-23-12/h1-2,4,6-8,10,12,16H,3,5,9,11H2,(H,20,21)/t12-,16+/m0/s1. The summed E-state index contributed by atoms with van der Waals surface area (Å²) in [4.78, 5) is 25.1. The Morgan fingerprint density at radius 2 is 2.16 bits per heavy atom. The Labute approximate surface area is 148 Å². The molecule has 1 aliphatic rings. The highest BCUT2D eigenvalue weighted by Gasteiger charge is 2.29. The van der Waals surface area contributed by atoms with Crippen molar-refractivity contribution in [2.24, 2.45) is 0 Å². The first-order valence-corrected chi connectivity index (χ1v) is 8.91. The van der Waals surface area contributed by atoms with Crippen LogP contribution in [0.2, 0.25) is 0 Å². The molecule has 2 heterocycles. The molecule has 3 rings (SSSR count). The van der Waals surface area contributed by atoms with Crippen molar-refractivity contribution in [1.29, 1.82) is 0 Å². The van der Waals surface area contributed by atoms with Crippen molar-refractivity contribution < 1.29 is 23.5 Å². The van der Waals surface area contributed by atoms with Gasteiger partial charge in [0.05, 0.1) is 6.10 Å². The number of esters is 1. The van der Waals surface area contributed by atoms with Crippen LogP contribution in [0.3, 0.4) is 0 Å². The van der Waals surface area contributed by atoms with Gasteiger partial charge in [-0.15, -0.1) is 11.3 Å². The number of nitrogens with one attached hydrogen (secondary N) is 1. The Bertz CT molecular complexity index is 728. The summed E-state index contributed by atoms with van der Waals surface area (Å²) >= 11 is 1.20. The first kappa shape index (κ1) is 17.6. The van der Waals surface area contributed by atoms with Crippen LogP contribution in [0.25, 0.3) is 0 Å². The molecule has 2 aromatic rings. The van der Waals surface area contributed by atoms with E-state index in [0.717, 1.165) is 12.8 Å². The summed E-state index contributed by atoms with van der Waals surface area (Å²) in [6.07, 6.45) is 0.403. The smallest absolute Gasteiger partial charge is 0.349 e. The first-order chi connectivity index (χ1) is 12.1. The molecular formula is C18H18FNO4S. The van der Waals surface area contributed by atoms with E-state index in [4.69, 9.17) is 9.47 Å². The number of hydrogen-bond acceptors (Lipinski definition) is 5. The van der Waals surface area contributed by atoms with E-state index in [1.165, 1.54) is 29.5 Å². The zero-order valence-electron chi connectivity index (χ0n) is 13.4. The average Bonchev–Trinajstić information content (AvgIpc) is 3.31. The molecule has 25 heavy (non-hydrogen) atoms. The van der Waals surface area contributed by atoms with Crippen molar-refractivity contribution in [2.45, 2.75) is 25.0 Å². The number of hydrogen-bond donors (Lipinski definition) is 1. The van der Waals surface area contributed by atoms with E-state index in [2.05, 4.69) is 5.32 Å². The van der Waals surface area contributed by atoms with Crippen LogP contribution in [-0.4, -0.2) is 31.1 Å². The van der Waals surface area contributed by atoms with Gasteiger partial charge in [0.15, 0.2) is 0 Å². The number of amides is 1. The predicted molar refractivity (Wildman–Crippen MR) is 90.9 cm³/mol. The number of thiophene rings is 1. The highest BCUT2D eigenvalue weighted by atomic mass is 32.1. The van der Waals surface area contributed by atoms with E-state index in [-0.39, 0.29) is 11.7 Å². The largest absolute Gasteiger partial charge is 0.443 e. The van der Waals surface area contributed by atoms with Crippen molar-refractivity contribution in [3.05, 3.63) is 58.0 Å². The lowest BCUT2D eigenvalue weighted by Crippen LogP contribution is -2.37. The first-order valence-electron chi connectivity index (χ1n) is 8.03. The summed E-state index contributed by atoms with van der Waals surface area (Å²) in [6.45, 7) is 0.977. The molecular weight excluding hydrogens is 345 g/mol. The van der Waals surface area contributed by atoms with Crippen LogP contribution in [0, 0.1) is 5.82 Å². The Morgan fingerprint density at radius 3 is 2.84 bits per heavy atom. The number of carbonyl (C=O) groups excluding carboxylic acids is 2. The lowest BCUT2D eigenvalue weighted by atomic mass is 10.1. The molecule has 1 aromatic heterocycles. The maximum atomic E-state index is 14.1. The van der Waals surface area contributed by atoms with E-state index < -0.39 is 23.8 Å². The monoisotopic (exact) mass is 363 g/mol. The van der Waals surface area contributed by atoms with Crippen LogP contribution in [0.5, 0.6) is 0 Å². The number of rotatable bonds is 6. The molecule has 1 saturated heterocycles. The SMILES string of the molecule is O=C(O[C@@H](C(=O)NC[C@@H]1CCCO1)c1ccccc1F)c1cccs1. The molecule has 1 fully saturated rings. The van der Waals surface area contributed by atoms with Crippen molar-refractivity contribution >= 4 is 23.2 Å². The summed E-state index contributed by atoms with van der Waals surface area (Å²) in [7, 11) is 0. The third kappa shape index (κ3) is 4.43. The second-order valence-electron chi connectivity index (χ2n) is 5.66. The third-order valence-electron chi connectivity index (χ3n) is 3.90. The molecule has 5 nitrogen and oxygen atoms in total. The molecule has 1 N–H and O–H groups in total. The van der Waals surface area contributed by atoms with E-state index in [1.54, 1.807) is 23.6 Å². The fourth-order valence-electron chi connectivity index (χ4n) is 2.62. The van der Waals surface area contributed by atoms with Gasteiger partial charge in [-0.05, 0) is 30.4 Å². The zero-order chi connectivity index (χ0) is 17.6. The minimum absolute atomic E-state index is 0.0252. The van der Waals surface area contributed by atoms with Crippen molar-refractivity contribution in [3.63, 3.8) is 0 Å². The molecule has 1 aliphatic heterocycles. The summed E-state index contributed by atoms with van der Waals surface area (Å²) < 4.78 is 24.9. The van der Waals surface area contributed by atoms with Gasteiger partial charge < -0.3 is 14.8 Å². The van der Waals surface area contributed by atoms with Crippen LogP contribution < -0.4 is 5.32 Å². The molecule has 0 spiro atoms. The summed E-state index contributed by atoms with van der Waals surface area (Å²) in [5.74, 6) is -1.82. The fourth-order valence-corrected chi connectivity index (χ4v) is 3.22. The molecule has 132 valence electrons. The molecule has 1 aromatic carbocycles.